The number of thiophene rings is 1. The van der Waals surface area contributed by atoms with E-state index >= 15 is 0 Å². The van der Waals surface area contributed by atoms with Crippen LogP contribution in [0.25, 0.3) is 10.1 Å². The van der Waals surface area contributed by atoms with Gasteiger partial charge < -0.3 is 4.90 Å². The van der Waals surface area contributed by atoms with Gasteiger partial charge in [0.1, 0.15) is 0 Å². The number of carbonyl (C=O) groups excluding carboxylic acids is 1. The first kappa shape index (κ1) is 15.4. The maximum atomic E-state index is 13.0. The third-order valence-electron chi connectivity index (χ3n) is 4.79. The van der Waals surface area contributed by atoms with Gasteiger partial charge in [0, 0.05) is 17.8 Å². The normalized spacial score (nSPS) is 14.5. The van der Waals surface area contributed by atoms with Gasteiger partial charge >= 0.3 is 0 Å². The Balaban J connectivity index is 1.77. The highest BCUT2D eigenvalue weighted by molar-refractivity contribution is 7.21. The molecule has 1 fully saturated rings. The highest BCUT2D eigenvalue weighted by Crippen LogP contribution is 2.34. The molecule has 0 unspecified atom stereocenters. The molecule has 122 valence electrons. The molecule has 1 aliphatic rings. The molecule has 0 bridgehead atoms. The molecule has 0 spiro atoms. The predicted octanol–water partition coefficient (Wildman–Crippen LogP) is 5.04. The summed E-state index contributed by atoms with van der Waals surface area (Å²) >= 11 is 1.65. The van der Waals surface area contributed by atoms with Crippen LogP contribution in [0.5, 0.6) is 0 Å². The molecule has 4 rings (SSSR count). The molecule has 0 N–H and O–H groups in total. The number of carbonyl (C=O) groups is 1. The second kappa shape index (κ2) is 6.40. The van der Waals surface area contributed by atoms with E-state index in [1.165, 1.54) is 26.8 Å². The van der Waals surface area contributed by atoms with Crippen LogP contribution in [-0.4, -0.2) is 23.9 Å². The van der Waals surface area contributed by atoms with Crippen LogP contribution in [0, 0.1) is 6.92 Å². The number of hydrogen-bond donors (Lipinski definition) is 0. The molecular formula is C21H21NOS. The number of aryl methyl sites for hydroxylation is 1. The van der Waals surface area contributed by atoms with Gasteiger partial charge in [0.05, 0.1) is 4.88 Å². The van der Waals surface area contributed by atoms with Gasteiger partial charge in [0.25, 0.3) is 5.91 Å². The highest BCUT2D eigenvalue weighted by Gasteiger charge is 2.25. The van der Waals surface area contributed by atoms with Crippen molar-refractivity contribution in [3.05, 3.63) is 70.1 Å². The van der Waals surface area contributed by atoms with Crippen molar-refractivity contribution in [2.75, 3.05) is 13.1 Å². The van der Waals surface area contributed by atoms with Crippen LogP contribution in [0.2, 0.25) is 0 Å². The maximum absolute atomic E-state index is 13.0. The highest BCUT2D eigenvalue weighted by atomic mass is 32.1. The summed E-state index contributed by atoms with van der Waals surface area (Å²) in [6, 6.07) is 17.0. The Morgan fingerprint density at radius 1 is 1.04 bits per heavy atom. The number of fused-ring (bicyclic) bond motifs is 1. The van der Waals surface area contributed by atoms with Crippen molar-refractivity contribution >= 4 is 27.3 Å². The Bertz CT molecular complexity index is 872. The van der Waals surface area contributed by atoms with Crippen LogP contribution in [0.15, 0.2) is 48.5 Å². The van der Waals surface area contributed by atoms with Crippen molar-refractivity contribution in [3.8, 4) is 0 Å². The van der Waals surface area contributed by atoms with E-state index in [4.69, 9.17) is 0 Å². The topological polar surface area (TPSA) is 20.3 Å². The third kappa shape index (κ3) is 2.84. The van der Waals surface area contributed by atoms with Gasteiger partial charge in [-0.15, -0.1) is 11.3 Å². The summed E-state index contributed by atoms with van der Waals surface area (Å²) in [7, 11) is 0. The number of benzene rings is 2. The van der Waals surface area contributed by atoms with Gasteiger partial charge in [0.2, 0.25) is 0 Å². The molecule has 1 saturated heterocycles. The van der Waals surface area contributed by atoms with Crippen molar-refractivity contribution in [2.45, 2.75) is 26.2 Å². The van der Waals surface area contributed by atoms with Crippen molar-refractivity contribution in [3.63, 3.8) is 0 Å². The fourth-order valence-corrected chi connectivity index (χ4v) is 4.61. The molecular weight excluding hydrogens is 314 g/mol. The molecule has 24 heavy (non-hydrogen) atoms. The van der Waals surface area contributed by atoms with E-state index in [-0.39, 0.29) is 5.91 Å². The number of hydrogen-bond acceptors (Lipinski definition) is 2. The average Bonchev–Trinajstić information content (AvgIpc) is 3.25. The zero-order valence-corrected chi connectivity index (χ0v) is 14.7. The second-order valence-electron chi connectivity index (χ2n) is 6.57. The minimum atomic E-state index is 0.218. The molecule has 2 heterocycles. The first-order valence-electron chi connectivity index (χ1n) is 8.57. The van der Waals surface area contributed by atoms with E-state index in [0.717, 1.165) is 37.2 Å². The van der Waals surface area contributed by atoms with Crippen LogP contribution >= 0.6 is 11.3 Å². The summed E-state index contributed by atoms with van der Waals surface area (Å²) in [5, 5.41) is 1.23. The molecule has 0 atom stereocenters. The fraction of sp³-hybridized carbons (Fsp3) is 0.286. The van der Waals surface area contributed by atoms with E-state index in [0.29, 0.717) is 0 Å². The number of rotatable bonds is 3. The Hall–Kier alpha value is -2.13. The molecule has 1 amide bonds. The monoisotopic (exact) mass is 335 g/mol. The van der Waals surface area contributed by atoms with Crippen LogP contribution in [0.4, 0.5) is 0 Å². The molecule has 3 heteroatoms. The zero-order valence-electron chi connectivity index (χ0n) is 13.9. The van der Waals surface area contributed by atoms with Crippen molar-refractivity contribution in [2.24, 2.45) is 0 Å². The van der Waals surface area contributed by atoms with E-state index in [9.17, 15) is 4.79 Å². The molecule has 2 nitrogen and oxygen atoms in total. The standard InChI is InChI=1S/C21H21NOS/c1-15-8-10-16(11-9-15)14-18-17-6-2-3-7-19(17)24-20(18)21(23)22-12-4-5-13-22/h2-3,6-11H,4-5,12-14H2,1H3. The van der Waals surface area contributed by atoms with Crippen molar-refractivity contribution in [1.29, 1.82) is 0 Å². The first-order chi connectivity index (χ1) is 11.7. The van der Waals surface area contributed by atoms with Gasteiger partial charge in [-0.2, -0.15) is 0 Å². The maximum Gasteiger partial charge on any atom is 0.264 e. The minimum absolute atomic E-state index is 0.218. The van der Waals surface area contributed by atoms with Gasteiger partial charge in [-0.25, -0.2) is 0 Å². The minimum Gasteiger partial charge on any atom is -0.338 e. The van der Waals surface area contributed by atoms with Gasteiger partial charge in [-0.1, -0.05) is 48.0 Å². The van der Waals surface area contributed by atoms with Crippen molar-refractivity contribution < 1.29 is 4.79 Å². The van der Waals surface area contributed by atoms with Crippen LogP contribution in [-0.2, 0) is 6.42 Å². The lowest BCUT2D eigenvalue weighted by atomic mass is 10.0. The average molecular weight is 335 g/mol. The zero-order chi connectivity index (χ0) is 16.5. The van der Waals surface area contributed by atoms with Gasteiger partial charge in [-0.05, 0) is 48.8 Å². The van der Waals surface area contributed by atoms with Crippen LogP contribution in [0.3, 0.4) is 0 Å². The molecule has 0 radical (unpaired) electrons. The number of nitrogens with zero attached hydrogens (tertiary/aromatic N) is 1. The largest absolute Gasteiger partial charge is 0.338 e. The Morgan fingerprint density at radius 3 is 2.50 bits per heavy atom. The Morgan fingerprint density at radius 2 is 1.75 bits per heavy atom. The predicted molar refractivity (Wildman–Crippen MR) is 101 cm³/mol. The lowest BCUT2D eigenvalue weighted by molar-refractivity contribution is 0.0797. The molecule has 0 aliphatic carbocycles. The summed E-state index contributed by atoms with van der Waals surface area (Å²) in [6.07, 6.45) is 3.08. The molecule has 1 aromatic heterocycles. The fourth-order valence-electron chi connectivity index (χ4n) is 3.42. The summed E-state index contributed by atoms with van der Waals surface area (Å²) < 4.78 is 1.21. The lowest BCUT2D eigenvalue weighted by Crippen LogP contribution is -2.27. The second-order valence-corrected chi connectivity index (χ2v) is 7.62. The quantitative estimate of drug-likeness (QED) is 0.657. The first-order valence-corrected chi connectivity index (χ1v) is 9.39. The van der Waals surface area contributed by atoms with E-state index in [1.807, 2.05) is 4.90 Å². The Kier molecular flexibility index (Phi) is 4.11. The van der Waals surface area contributed by atoms with Crippen LogP contribution < -0.4 is 0 Å². The Labute approximate surface area is 146 Å². The smallest absolute Gasteiger partial charge is 0.264 e. The number of likely N-dealkylation sites (tertiary alicyclic amines) is 1. The van der Waals surface area contributed by atoms with E-state index in [2.05, 4.69) is 55.5 Å². The van der Waals surface area contributed by atoms with E-state index < -0.39 is 0 Å². The molecule has 3 aromatic rings. The van der Waals surface area contributed by atoms with E-state index in [1.54, 1.807) is 11.3 Å². The molecule has 2 aromatic carbocycles. The molecule has 1 aliphatic heterocycles. The molecule has 0 saturated carbocycles. The van der Waals surface area contributed by atoms with Gasteiger partial charge in [-0.3, -0.25) is 4.79 Å². The summed E-state index contributed by atoms with van der Waals surface area (Å²) in [6.45, 7) is 3.90. The van der Waals surface area contributed by atoms with Crippen molar-refractivity contribution in [1.82, 2.24) is 4.90 Å². The summed E-state index contributed by atoms with van der Waals surface area (Å²) in [5.41, 5.74) is 3.72. The lowest BCUT2D eigenvalue weighted by Gasteiger charge is -2.15. The summed E-state index contributed by atoms with van der Waals surface area (Å²) in [4.78, 5) is 16.0. The van der Waals surface area contributed by atoms with Gasteiger partial charge in [0.15, 0.2) is 0 Å². The van der Waals surface area contributed by atoms with Crippen LogP contribution in [0.1, 0.15) is 39.2 Å². The summed E-state index contributed by atoms with van der Waals surface area (Å²) in [5.74, 6) is 0.218. The third-order valence-corrected chi connectivity index (χ3v) is 5.99. The number of amides is 1. The SMILES string of the molecule is Cc1ccc(Cc2c(C(=O)N3CCCC3)sc3ccccc23)cc1.